The molecule has 0 fully saturated rings. The fraction of sp³-hybridized carbons (Fsp3) is 0.467. The average Bonchev–Trinajstić information content (AvgIpc) is 2.50. The van der Waals surface area contributed by atoms with Crippen molar-refractivity contribution in [1.29, 1.82) is 0 Å². The van der Waals surface area contributed by atoms with E-state index in [0.717, 1.165) is 0 Å². The molecule has 0 aromatic heterocycles. The number of carbonyl (C=O) groups excluding carboxylic acids is 1. The standard InChI is InChI=1S/C15H22N2O5S/c1-4-23(21,22)16-9-11-5-7-12(8-6-11)14(18)17-13(10(2)3)15(19)20/h5-8,10,13,16H,4,9H2,1-3H3,(H,17,18)(H,19,20)/t13-/m0/s1. The van der Waals surface area contributed by atoms with E-state index in [2.05, 4.69) is 10.0 Å². The van der Waals surface area contributed by atoms with Gasteiger partial charge in [0, 0.05) is 12.1 Å². The Labute approximate surface area is 136 Å². The minimum Gasteiger partial charge on any atom is -0.480 e. The van der Waals surface area contributed by atoms with Crippen molar-refractivity contribution >= 4 is 21.9 Å². The smallest absolute Gasteiger partial charge is 0.326 e. The summed E-state index contributed by atoms with van der Waals surface area (Å²) in [6.07, 6.45) is 0. The van der Waals surface area contributed by atoms with Crippen molar-refractivity contribution in [2.24, 2.45) is 5.92 Å². The zero-order valence-corrected chi connectivity index (χ0v) is 14.2. The molecule has 128 valence electrons. The Morgan fingerprint density at radius 2 is 1.74 bits per heavy atom. The molecule has 1 aromatic rings. The number of benzene rings is 1. The molecule has 8 heteroatoms. The fourth-order valence-electron chi connectivity index (χ4n) is 1.81. The Bertz CT molecular complexity index is 653. The van der Waals surface area contributed by atoms with Gasteiger partial charge in [0.25, 0.3) is 5.91 Å². The molecule has 23 heavy (non-hydrogen) atoms. The average molecular weight is 342 g/mol. The summed E-state index contributed by atoms with van der Waals surface area (Å²) < 4.78 is 25.2. The number of hydrogen-bond donors (Lipinski definition) is 3. The van der Waals surface area contributed by atoms with Crippen LogP contribution >= 0.6 is 0 Å². The second-order valence-electron chi connectivity index (χ2n) is 5.45. The van der Waals surface area contributed by atoms with Crippen LogP contribution in [-0.2, 0) is 21.4 Å². The number of aliphatic carboxylic acids is 1. The molecule has 1 aromatic carbocycles. The molecule has 0 spiro atoms. The lowest BCUT2D eigenvalue weighted by Gasteiger charge is -2.18. The van der Waals surface area contributed by atoms with Crippen molar-refractivity contribution in [2.45, 2.75) is 33.4 Å². The van der Waals surface area contributed by atoms with Crippen molar-refractivity contribution in [3.63, 3.8) is 0 Å². The summed E-state index contributed by atoms with van der Waals surface area (Å²) >= 11 is 0. The Morgan fingerprint density at radius 1 is 1.17 bits per heavy atom. The van der Waals surface area contributed by atoms with Gasteiger partial charge in [-0.25, -0.2) is 17.9 Å². The first-order chi connectivity index (χ1) is 10.7. The Balaban J connectivity index is 2.72. The number of rotatable bonds is 8. The number of carbonyl (C=O) groups is 2. The van der Waals surface area contributed by atoms with Crippen LogP contribution in [-0.4, -0.2) is 37.2 Å². The van der Waals surface area contributed by atoms with Crippen LogP contribution in [0.5, 0.6) is 0 Å². The van der Waals surface area contributed by atoms with E-state index in [4.69, 9.17) is 5.11 Å². The molecule has 0 heterocycles. The third-order valence-electron chi connectivity index (χ3n) is 3.31. The molecule has 0 unspecified atom stereocenters. The molecule has 1 atom stereocenters. The van der Waals surface area contributed by atoms with Crippen molar-refractivity contribution in [3.05, 3.63) is 35.4 Å². The van der Waals surface area contributed by atoms with Crippen LogP contribution in [0.25, 0.3) is 0 Å². The van der Waals surface area contributed by atoms with Gasteiger partial charge in [0.1, 0.15) is 6.04 Å². The van der Waals surface area contributed by atoms with Gasteiger partial charge in [-0.1, -0.05) is 26.0 Å². The summed E-state index contributed by atoms with van der Waals surface area (Å²) in [5.74, 6) is -1.80. The molecule has 1 rings (SSSR count). The van der Waals surface area contributed by atoms with Gasteiger partial charge in [0.05, 0.1) is 5.75 Å². The number of amides is 1. The quantitative estimate of drug-likeness (QED) is 0.651. The number of sulfonamides is 1. The Kier molecular flexibility index (Phi) is 6.71. The highest BCUT2D eigenvalue weighted by molar-refractivity contribution is 7.89. The van der Waals surface area contributed by atoms with E-state index < -0.39 is 27.9 Å². The fourth-order valence-corrected chi connectivity index (χ4v) is 2.40. The predicted molar refractivity (Wildman–Crippen MR) is 86.5 cm³/mol. The van der Waals surface area contributed by atoms with E-state index in [9.17, 15) is 18.0 Å². The Morgan fingerprint density at radius 3 is 2.17 bits per heavy atom. The van der Waals surface area contributed by atoms with E-state index in [1.54, 1.807) is 32.9 Å². The summed E-state index contributed by atoms with van der Waals surface area (Å²) in [6, 6.07) is 5.35. The SMILES string of the molecule is CCS(=O)(=O)NCc1ccc(C(=O)N[C@H](C(=O)O)C(C)C)cc1. The number of nitrogens with one attached hydrogen (secondary N) is 2. The van der Waals surface area contributed by atoms with Crippen LogP contribution in [0.1, 0.15) is 36.7 Å². The molecule has 1 amide bonds. The molecule has 7 nitrogen and oxygen atoms in total. The molecule has 0 aliphatic rings. The van der Waals surface area contributed by atoms with Gasteiger partial charge in [-0.3, -0.25) is 4.79 Å². The zero-order chi connectivity index (χ0) is 17.6. The van der Waals surface area contributed by atoms with Gasteiger partial charge in [0.15, 0.2) is 0 Å². The number of hydrogen-bond acceptors (Lipinski definition) is 4. The van der Waals surface area contributed by atoms with Crippen molar-refractivity contribution in [2.75, 3.05) is 5.75 Å². The summed E-state index contributed by atoms with van der Waals surface area (Å²) in [6.45, 7) is 5.11. The van der Waals surface area contributed by atoms with Gasteiger partial charge in [0.2, 0.25) is 10.0 Å². The van der Waals surface area contributed by atoms with Gasteiger partial charge in [-0.15, -0.1) is 0 Å². The molecule has 0 saturated carbocycles. The normalized spacial score (nSPS) is 12.9. The van der Waals surface area contributed by atoms with Gasteiger partial charge in [-0.05, 0) is 30.5 Å². The van der Waals surface area contributed by atoms with Gasteiger partial charge >= 0.3 is 5.97 Å². The summed E-state index contributed by atoms with van der Waals surface area (Å²) in [7, 11) is -3.27. The van der Waals surface area contributed by atoms with Crippen LogP contribution in [0.15, 0.2) is 24.3 Å². The van der Waals surface area contributed by atoms with Crippen LogP contribution in [0.3, 0.4) is 0 Å². The Hall–Kier alpha value is -1.93. The topological polar surface area (TPSA) is 113 Å². The van der Waals surface area contributed by atoms with Gasteiger partial charge in [-0.2, -0.15) is 0 Å². The monoisotopic (exact) mass is 342 g/mol. The van der Waals surface area contributed by atoms with Crippen LogP contribution in [0.4, 0.5) is 0 Å². The molecule has 0 aliphatic carbocycles. The first-order valence-electron chi connectivity index (χ1n) is 7.26. The van der Waals surface area contributed by atoms with E-state index >= 15 is 0 Å². The van der Waals surface area contributed by atoms with Crippen LogP contribution in [0, 0.1) is 5.92 Å². The van der Waals surface area contributed by atoms with Crippen LogP contribution < -0.4 is 10.0 Å². The van der Waals surface area contributed by atoms with E-state index in [1.165, 1.54) is 12.1 Å². The molecule has 0 radical (unpaired) electrons. The molecular weight excluding hydrogens is 320 g/mol. The maximum atomic E-state index is 12.1. The van der Waals surface area contributed by atoms with Crippen LogP contribution in [0.2, 0.25) is 0 Å². The minimum atomic E-state index is -3.27. The maximum absolute atomic E-state index is 12.1. The lowest BCUT2D eigenvalue weighted by atomic mass is 10.0. The molecule has 0 bridgehead atoms. The summed E-state index contributed by atoms with van der Waals surface area (Å²) in [5.41, 5.74) is 1.02. The first kappa shape index (κ1) is 19.1. The van der Waals surface area contributed by atoms with E-state index in [1.807, 2.05) is 0 Å². The zero-order valence-electron chi connectivity index (χ0n) is 13.4. The maximum Gasteiger partial charge on any atom is 0.326 e. The second-order valence-corrected chi connectivity index (χ2v) is 7.55. The number of carboxylic acid groups (broad SMARTS) is 1. The van der Waals surface area contributed by atoms with E-state index in [0.29, 0.717) is 11.1 Å². The highest BCUT2D eigenvalue weighted by atomic mass is 32.2. The largest absolute Gasteiger partial charge is 0.480 e. The molecular formula is C15H22N2O5S. The number of carboxylic acids is 1. The predicted octanol–water partition coefficient (Wildman–Crippen LogP) is 0.965. The first-order valence-corrected chi connectivity index (χ1v) is 8.91. The second kappa shape index (κ2) is 8.07. The molecule has 3 N–H and O–H groups in total. The highest BCUT2D eigenvalue weighted by Gasteiger charge is 2.23. The third kappa shape index (κ3) is 5.99. The third-order valence-corrected chi connectivity index (χ3v) is 4.66. The lowest BCUT2D eigenvalue weighted by Crippen LogP contribution is -2.44. The van der Waals surface area contributed by atoms with Crippen molar-refractivity contribution < 1.29 is 23.1 Å². The highest BCUT2D eigenvalue weighted by Crippen LogP contribution is 2.08. The summed E-state index contributed by atoms with van der Waals surface area (Å²) in [5, 5.41) is 11.5. The minimum absolute atomic E-state index is 0.000726. The molecule has 0 saturated heterocycles. The van der Waals surface area contributed by atoms with Crippen molar-refractivity contribution in [3.8, 4) is 0 Å². The lowest BCUT2D eigenvalue weighted by molar-refractivity contribution is -0.140. The van der Waals surface area contributed by atoms with Crippen molar-refractivity contribution in [1.82, 2.24) is 10.0 Å². The van der Waals surface area contributed by atoms with Gasteiger partial charge < -0.3 is 10.4 Å². The van der Waals surface area contributed by atoms with E-state index in [-0.39, 0.29) is 18.2 Å². The molecule has 0 aliphatic heterocycles. The summed E-state index contributed by atoms with van der Waals surface area (Å²) in [4.78, 5) is 23.1.